The predicted octanol–water partition coefficient (Wildman–Crippen LogP) is 3.43. The second kappa shape index (κ2) is 7.90. The highest BCUT2D eigenvalue weighted by Crippen LogP contribution is 2.29. The van der Waals surface area contributed by atoms with E-state index in [4.69, 9.17) is 16.3 Å². The maximum absolute atomic E-state index is 12.4. The third-order valence-corrected chi connectivity index (χ3v) is 5.09. The van der Waals surface area contributed by atoms with Gasteiger partial charge in [0, 0.05) is 5.02 Å². The zero-order valence-electron chi connectivity index (χ0n) is 15.1. The molecule has 142 valence electrons. The summed E-state index contributed by atoms with van der Waals surface area (Å²) in [6, 6.07) is 19.1. The molecule has 0 saturated carbocycles. The van der Waals surface area contributed by atoms with Crippen molar-refractivity contribution in [2.24, 2.45) is 5.92 Å². The molecular formula is C22H19ClN2O3. The zero-order chi connectivity index (χ0) is 19.5. The van der Waals surface area contributed by atoms with Crippen molar-refractivity contribution in [1.82, 2.24) is 10.9 Å². The fourth-order valence-corrected chi connectivity index (χ4v) is 3.62. The third kappa shape index (κ3) is 3.94. The van der Waals surface area contributed by atoms with Crippen molar-refractivity contribution in [2.45, 2.75) is 12.8 Å². The van der Waals surface area contributed by atoms with Crippen LogP contribution >= 0.6 is 11.6 Å². The van der Waals surface area contributed by atoms with Crippen LogP contribution in [0, 0.1) is 5.92 Å². The maximum atomic E-state index is 12.4. The van der Waals surface area contributed by atoms with Crippen LogP contribution in [0.2, 0.25) is 5.02 Å². The first-order valence-corrected chi connectivity index (χ1v) is 9.44. The number of hydrogen-bond donors (Lipinski definition) is 2. The van der Waals surface area contributed by atoms with Crippen LogP contribution in [-0.4, -0.2) is 18.4 Å². The highest BCUT2D eigenvalue weighted by Gasteiger charge is 2.26. The Bertz CT molecular complexity index is 1050. The van der Waals surface area contributed by atoms with Crippen LogP contribution in [0.15, 0.2) is 60.7 Å². The Morgan fingerprint density at radius 3 is 2.75 bits per heavy atom. The zero-order valence-corrected chi connectivity index (χ0v) is 15.8. The average Bonchev–Trinajstić information content (AvgIpc) is 2.71. The molecule has 1 aliphatic heterocycles. The van der Waals surface area contributed by atoms with E-state index in [0.717, 1.165) is 27.6 Å². The van der Waals surface area contributed by atoms with Crippen molar-refractivity contribution in [3.8, 4) is 5.75 Å². The molecule has 0 aromatic heterocycles. The van der Waals surface area contributed by atoms with Crippen molar-refractivity contribution < 1.29 is 14.3 Å². The Kier molecular flexibility index (Phi) is 5.17. The fourth-order valence-electron chi connectivity index (χ4n) is 3.43. The molecule has 6 heteroatoms. The van der Waals surface area contributed by atoms with Crippen LogP contribution in [0.5, 0.6) is 5.75 Å². The summed E-state index contributed by atoms with van der Waals surface area (Å²) < 4.78 is 5.63. The lowest BCUT2D eigenvalue weighted by atomic mass is 9.96. The number of fused-ring (bicyclic) bond motifs is 2. The molecule has 1 atom stereocenters. The van der Waals surface area contributed by atoms with E-state index < -0.39 is 0 Å². The van der Waals surface area contributed by atoms with E-state index in [0.29, 0.717) is 11.4 Å². The summed E-state index contributed by atoms with van der Waals surface area (Å²) in [7, 11) is 0. The Morgan fingerprint density at radius 2 is 1.86 bits per heavy atom. The fraction of sp³-hybridized carbons (Fsp3) is 0.182. The first-order valence-electron chi connectivity index (χ1n) is 9.07. The van der Waals surface area contributed by atoms with Crippen LogP contribution in [0.1, 0.15) is 11.1 Å². The molecule has 3 aromatic carbocycles. The van der Waals surface area contributed by atoms with E-state index in [2.05, 4.69) is 10.9 Å². The van der Waals surface area contributed by atoms with Crippen molar-refractivity contribution in [2.75, 3.05) is 6.61 Å². The minimum Gasteiger partial charge on any atom is -0.492 e. The number of hydrogen-bond acceptors (Lipinski definition) is 3. The Labute approximate surface area is 167 Å². The van der Waals surface area contributed by atoms with E-state index in [1.807, 2.05) is 42.5 Å². The van der Waals surface area contributed by atoms with Gasteiger partial charge in [0.05, 0.1) is 12.3 Å². The smallest absolute Gasteiger partial charge is 0.245 e. The van der Waals surface area contributed by atoms with Gasteiger partial charge < -0.3 is 4.74 Å². The van der Waals surface area contributed by atoms with Crippen LogP contribution in [0.4, 0.5) is 0 Å². The van der Waals surface area contributed by atoms with Gasteiger partial charge in [0.2, 0.25) is 11.8 Å². The molecule has 0 aliphatic carbocycles. The molecule has 0 bridgehead atoms. The molecule has 1 aliphatic rings. The first-order chi connectivity index (χ1) is 13.6. The van der Waals surface area contributed by atoms with Crippen LogP contribution in [0.25, 0.3) is 10.8 Å². The van der Waals surface area contributed by atoms with Crippen molar-refractivity contribution in [3.05, 3.63) is 76.8 Å². The summed E-state index contributed by atoms with van der Waals surface area (Å²) in [5.41, 5.74) is 6.82. The molecule has 0 radical (unpaired) electrons. The number of rotatable bonds is 3. The lowest BCUT2D eigenvalue weighted by Crippen LogP contribution is -2.47. The van der Waals surface area contributed by atoms with E-state index in [1.165, 1.54) is 0 Å². The number of amides is 2. The second-order valence-corrected chi connectivity index (χ2v) is 7.25. The van der Waals surface area contributed by atoms with E-state index in [1.54, 1.807) is 18.2 Å². The van der Waals surface area contributed by atoms with Gasteiger partial charge >= 0.3 is 0 Å². The van der Waals surface area contributed by atoms with Gasteiger partial charge in [-0.15, -0.1) is 0 Å². The molecule has 28 heavy (non-hydrogen) atoms. The first kappa shape index (κ1) is 18.3. The number of hydrazine groups is 1. The lowest BCUT2D eigenvalue weighted by molar-refractivity contribution is -0.131. The van der Waals surface area contributed by atoms with Crippen molar-refractivity contribution in [3.63, 3.8) is 0 Å². The summed E-state index contributed by atoms with van der Waals surface area (Å²) in [5, 5.41) is 2.71. The molecule has 2 N–H and O–H groups in total. The number of carbonyl (C=O) groups excluding carboxylic acids is 2. The van der Waals surface area contributed by atoms with E-state index >= 15 is 0 Å². The Morgan fingerprint density at radius 1 is 1.04 bits per heavy atom. The molecule has 3 aromatic rings. The topological polar surface area (TPSA) is 67.4 Å². The summed E-state index contributed by atoms with van der Waals surface area (Å²) in [4.78, 5) is 24.7. The summed E-state index contributed by atoms with van der Waals surface area (Å²) in [6.45, 7) is 0.264. The van der Waals surface area contributed by atoms with Gasteiger partial charge in [-0.3, -0.25) is 20.4 Å². The molecule has 2 amide bonds. The molecule has 5 nitrogen and oxygen atoms in total. The van der Waals surface area contributed by atoms with Gasteiger partial charge in [-0.25, -0.2) is 0 Å². The summed E-state index contributed by atoms with van der Waals surface area (Å²) in [6.07, 6.45) is 0.697. The van der Waals surface area contributed by atoms with Crippen molar-refractivity contribution in [1.29, 1.82) is 0 Å². The van der Waals surface area contributed by atoms with Crippen LogP contribution in [-0.2, 0) is 22.4 Å². The van der Waals surface area contributed by atoms with Gasteiger partial charge in [-0.2, -0.15) is 0 Å². The minimum atomic E-state index is -0.385. The van der Waals surface area contributed by atoms with Gasteiger partial charge in [0.15, 0.2) is 0 Å². The minimum absolute atomic E-state index is 0.182. The van der Waals surface area contributed by atoms with E-state index in [9.17, 15) is 9.59 Å². The van der Waals surface area contributed by atoms with Gasteiger partial charge in [-0.1, -0.05) is 54.1 Å². The molecule has 0 fully saturated rings. The number of nitrogens with one attached hydrogen (secondary N) is 2. The van der Waals surface area contributed by atoms with Gasteiger partial charge in [-0.05, 0) is 46.5 Å². The van der Waals surface area contributed by atoms with Gasteiger partial charge in [0.25, 0.3) is 0 Å². The molecular weight excluding hydrogens is 376 g/mol. The highest BCUT2D eigenvalue weighted by molar-refractivity contribution is 6.30. The Balaban J connectivity index is 1.35. The van der Waals surface area contributed by atoms with Crippen LogP contribution in [0.3, 0.4) is 0 Å². The monoisotopic (exact) mass is 394 g/mol. The molecule has 1 heterocycles. The third-order valence-electron chi connectivity index (χ3n) is 4.86. The lowest BCUT2D eigenvalue weighted by Gasteiger charge is -2.24. The van der Waals surface area contributed by atoms with Crippen molar-refractivity contribution >= 4 is 34.2 Å². The second-order valence-electron chi connectivity index (χ2n) is 6.82. The maximum Gasteiger partial charge on any atom is 0.245 e. The quantitative estimate of drug-likeness (QED) is 0.669. The number of ether oxygens (including phenoxy) is 1. The summed E-state index contributed by atoms with van der Waals surface area (Å²) in [5.74, 6) is -0.195. The molecule has 1 unspecified atom stereocenters. The molecule has 0 spiro atoms. The Hall–Kier alpha value is -3.05. The highest BCUT2D eigenvalue weighted by atomic mass is 35.5. The van der Waals surface area contributed by atoms with E-state index in [-0.39, 0.29) is 30.8 Å². The van der Waals surface area contributed by atoms with Gasteiger partial charge in [0.1, 0.15) is 12.4 Å². The summed E-state index contributed by atoms with van der Waals surface area (Å²) >= 11 is 6.01. The predicted molar refractivity (Wildman–Crippen MR) is 108 cm³/mol. The normalized spacial score (nSPS) is 15.4. The standard InChI is InChI=1S/C22H19ClN2O3/c23-18-8-9-20-16(11-18)10-17(13-28-20)22(27)25-24-21(26)12-15-6-3-5-14-4-1-2-7-19(14)15/h1-9,11,17H,10,12-13H2,(H,24,26)(H,25,27). The average molecular weight is 395 g/mol. The number of halogens is 1. The van der Waals surface area contributed by atoms with Crippen LogP contribution < -0.4 is 15.6 Å². The number of carbonyl (C=O) groups is 2. The molecule has 4 rings (SSSR count). The SMILES string of the molecule is O=C(Cc1cccc2ccccc12)NNC(=O)C1COc2ccc(Cl)cc2C1. The largest absolute Gasteiger partial charge is 0.492 e. The number of benzene rings is 3. The molecule has 0 saturated heterocycles.